The Kier molecular flexibility index (Phi) is 4.46. The number of hydrogen-bond donors (Lipinski definition) is 2. The van der Waals surface area contributed by atoms with E-state index in [1.807, 2.05) is 0 Å². The van der Waals surface area contributed by atoms with Crippen LogP contribution in [0.3, 0.4) is 0 Å². The third-order valence-corrected chi connectivity index (χ3v) is 8.90. The molecule has 0 unspecified atom stereocenters. The molecule has 2 N–H and O–H groups in total. The first-order valence-electron chi connectivity index (χ1n) is 6.70. The minimum atomic E-state index is -1.80. The minimum Gasteiger partial charge on any atom is -0.412 e. The fraction of sp³-hybridized carbons (Fsp3) is 0.846. The number of carbonyl (C=O) groups is 2. The largest absolute Gasteiger partial charge is 0.412 e. The van der Waals surface area contributed by atoms with Gasteiger partial charge in [0.15, 0.2) is 8.32 Å². The molecule has 2 amide bonds. The molecule has 1 aliphatic rings. The molecule has 6 heteroatoms. The fourth-order valence-electron chi connectivity index (χ4n) is 2.22. The number of nitrogens with one attached hydrogen (secondary N) is 2. The molecule has 1 fully saturated rings. The van der Waals surface area contributed by atoms with Crippen molar-refractivity contribution >= 4 is 20.6 Å². The lowest BCUT2D eigenvalue weighted by Crippen LogP contribution is -2.57. The van der Waals surface area contributed by atoms with Gasteiger partial charge in [-0.05, 0) is 37.9 Å². The highest BCUT2D eigenvalue weighted by Gasteiger charge is 2.50. The predicted octanol–water partition coefficient (Wildman–Crippen LogP) is 1.95. The van der Waals surface area contributed by atoms with E-state index >= 15 is 0 Å². The van der Waals surface area contributed by atoms with E-state index in [-0.39, 0.29) is 22.5 Å². The van der Waals surface area contributed by atoms with E-state index in [1.54, 1.807) is 0 Å². The maximum Gasteiger partial charge on any atom is 0.241 e. The molecule has 0 aromatic heterocycles. The summed E-state index contributed by atoms with van der Waals surface area (Å²) in [6.45, 7) is 13.1. The van der Waals surface area contributed by atoms with E-state index < -0.39 is 8.32 Å². The summed E-state index contributed by atoms with van der Waals surface area (Å²) in [7, 11) is -1.80. The summed E-state index contributed by atoms with van der Waals surface area (Å²) < 4.78 is 6.38. The van der Waals surface area contributed by atoms with Gasteiger partial charge in [-0.3, -0.25) is 20.4 Å². The number of carbonyl (C=O) groups excluding carboxylic acids is 2. The highest BCUT2D eigenvalue weighted by molar-refractivity contribution is 6.74. The normalized spacial score (nSPS) is 27.4. The van der Waals surface area contributed by atoms with Crippen LogP contribution in [0, 0.1) is 5.92 Å². The summed E-state index contributed by atoms with van der Waals surface area (Å²) in [4.78, 5) is 21.8. The van der Waals surface area contributed by atoms with E-state index in [0.717, 1.165) is 0 Å². The topological polar surface area (TPSA) is 67.4 Å². The SMILES string of the molecule is CC1(O[Si](C)(C)C(C)(C)C)CC(C(=O)NNC=O)C1. The zero-order chi connectivity index (χ0) is 14.9. The zero-order valence-electron chi connectivity index (χ0n) is 12.8. The van der Waals surface area contributed by atoms with Gasteiger partial charge < -0.3 is 4.43 Å². The maximum absolute atomic E-state index is 11.7. The van der Waals surface area contributed by atoms with Gasteiger partial charge in [0.25, 0.3) is 0 Å². The van der Waals surface area contributed by atoms with Gasteiger partial charge in [-0.15, -0.1) is 0 Å². The molecule has 0 bridgehead atoms. The van der Waals surface area contributed by atoms with Crippen LogP contribution in [0.2, 0.25) is 18.1 Å². The average Bonchev–Trinajstić information content (AvgIpc) is 2.20. The second-order valence-corrected chi connectivity index (χ2v) is 11.9. The highest BCUT2D eigenvalue weighted by atomic mass is 28.4. The summed E-state index contributed by atoms with van der Waals surface area (Å²) >= 11 is 0. The summed E-state index contributed by atoms with van der Waals surface area (Å²) in [6, 6.07) is 0. The van der Waals surface area contributed by atoms with Gasteiger partial charge in [0.05, 0.1) is 5.60 Å². The van der Waals surface area contributed by atoms with Gasteiger partial charge in [0, 0.05) is 5.92 Å². The van der Waals surface area contributed by atoms with Crippen LogP contribution in [-0.4, -0.2) is 26.2 Å². The number of hydrogen-bond acceptors (Lipinski definition) is 3. The third kappa shape index (κ3) is 3.79. The molecule has 1 rings (SSSR count). The van der Waals surface area contributed by atoms with E-state index in [1.165, 1.54) is 0 Å². The van der Waals surface area contributed by atoms with E-state index in [4.69, 9.17) is 4.43 Å². The molecule has 0 aromatic rings. The molecule has 1 aliphatic carbocycles. The van der Waals surface area contributed by atoms with Crippen LogP contribution >= 0.6 is 0 Å². The summed E-state index contributed by atoms with van der Waals surface area (Å²) in [5.41, 5.74) is 4.35. The molecule has 110 valence electrons. The Morgan fingerprint density at radius 3 is 2.32 bits per heavy atom. The van der Waals surface area contributed by atoms with E-state index in [2.05, 4.69) is 51.6 Å². The van der Waals surface area contributed by atoms with Crippen LogP contribution < -0.4 is 10.9 Å². The van der Waals surface area contributed by atoms with Gasteiger partial charge in [0.1, 0.15) is 0 Å². The van der Waals surface area contributed by atoms with Crippen molar-refractivity contribution in [2.75, 3.05) is 0 Å². The lowest BCUT2D eigenvalue weighted by Gasteiger charge is -2.51. The predicted molar refractivity (Wildman–Crippen MR) is 76.8 cm³/mol. The van der Waals surface area contributed by atoms with Gasteiger partial charge in [-0.1, -0.05) is 20.8 Å². The maximum atomic E-state index is 11.7. The van der Waals surface area contributed by atoms with Gasteiger partial charge in [0.2, 0.25) is 12.3 Å². The molecule has 19 heavy (non-hydrogen) atoms. The summed E-state index contributed by atoms with van der Waals surface area (Å²) in [5, 5.41) is 0.169. The number of rotatable bonds is 5. The van der Waals surface area contributed by atoms with Crippen LogP contribution in [0.5, 0.6) is 0 Å². The van der Waals surface area contributed by atoms with Crippen LogP contribution in [0.4, 0.5) is 0 Å². The van der Waals surface area contributed by atoms with Crippen molar-refractivity contribution in [3.05, 3.63) is 0 Å². The second-order valence-electron chi connectivity index (χ2n) is 7.17. The molecular weight excluding hydrogens is 260 g/mol. The molecule has 0 heterocycles. The Morgan fingerprint density at radius 1 is 1.37 bits per heavy atom. The van der Waals surface area contributed by atoms with Crippen LogP contribution in [-0.2, 0) is 14.0 Å². The molecule has 5 nitrogen and oxygen atoms in total. The number of amides is 2. The Balaban J connectivity index is 2.51. The fourth-order valence-corrected chi connectivity index (χ4v) is 3.93. The summed E-state index contributed by atoms with van der Waals surface area (Å²) in [6.07, 6.45) is 1.89. The Labute approximate surface area is 116 Å². The van der Waals surface area contributed by atoms with Crippen molar-refractivity contribution in [1.82, 2.24) is 10.9 Å². The lowest BCUT2D eigenvalue weighted by atomic mass is 9.72. The first-order valence-corrected chi connectivity index (χ1v) is 9.61. The van der Waals surface area contributed by atoms with Crippen molar-refractivity contribution in [3.8, 4) is 0 Å². The Morgan fingerprint density at radius 2 is 1.89 bits per heavy atom. The smallest absolute Gasteiger partial charge is 0.241 e. The van der Waals surface area contributed by atoms with Gasteiger partial charge in [-0.2, -0.15) is 0 Å². The van der Waals surface area contributed by atoms with Crippen molar-refractivity contribution in [2.24, 2.45) is 5.92 Å². The third-order valence-electron chi connectivity index (χ3n) is 4.29. The van der Waals surface area contributed by atoms with Crippen LogP contribution in [0.25, 0.3) is 0 Å². The Bertz CT molecular complexity index is 357. The molecular formula is C13H26N2O3Si. The average molecular weight is 286 g/mol. The highest BCUT2D eigenvalue weighted by Crippen LogP contribution is 2.47. The Hall–Kier alpha value is -0.883. The van der Waals surface area contributed by atoms with E-state index in [9.17, 15) is 9.59 Å². The lowest BCUT2D eigenvalue weighted by molar-refractivity contribution is -0.139. The molecule has 0 aliphatic heterocycles. The van der Waals surface area contributed by atoms with Crippen LogP contribution in [0.15, 0.2) is 0 Å². The van der Waals surface area contributed by atoms with Crippen molar-refractivity contribution in [2.45, 2.75) is 64.3 Å². The molecule has 0 aromatic carbocycles. The van der Waals surface area contributed by atoms with Crippen LogP contribution in [0.1, 0.15) is 40.5 Å². The first-order chi connectivity index (χ1) is 8.51. The van der Waals surface area contributed by atoms with Crippen molar-refractivity contribution in [1.29, 1.82) is 0 Å². The molecule has 1 saturated carbocycles. The van der Waals surface area contributed by atoms with Gasteiger partial charge in [-0.25, -0.2) is 0 Å². The number of hydrazine groups is 1. The molecule has 0 saturated heterocycles. The molecule has 0 atom stereocenters. The van der Waals surface area contributed by atoms with Crippen molar-refractivity contribution < 1.29 is 14.0 Å². The van der Waals surface area contributed by atoms with Gasteiger partial charge >= 0.3 is 0 Å². The second kappa shape index (κ2) is 5.24. The molecule has 0 radical (unpaired) electrons. The monoisotopic (exact) mass is 286 g/mol. The quantitative estimate of drug-likeness (QED) is 0.461. The zero-order valence-corrected chi connectivity index (χ0v) is 13.8. The molecule has 0 spiro atoms. The standard InChI is InChI=1S/C13H26N2O3Si/c1-12(2,3)19(5,6)18-13(4)7-10(8-13)11(17)15-14-9-16/h9-10H,7-8H2,1-6H3,(H,14,16)(H,15,17). The summed E-state index contributed by atoms with van der Waals surface area (Å²) in [5.74, 6) is -0.203. The first kappa shape index (κ1) is 16.2. The van der Waals surface area contributed by atoms with Crippen molar-refractivity contribution in [3.63, 3.8) is 0 Å². The van der Waals surface area contributed by atoms with E-state index in [0.29, 0.717) is 19.3 Å². The minimum absolute atomic E-state index is 0.0674.